The van der Waals surface area contributed by atoms with Crippen molar-refractivity contribution in [2.24, 2.45) is 5.92 Å². The van der Waals surface area contributed by atoms with Gasteiger partial charge in [0.2, 0.25) is 10.0 Å². The van der Waals surface area contributed by atoms with E-state index >= 15 is 0 Å². The van der Waals surface area contributed by atoms with Crippen LogP contribution in [0.4, 0.5) is 5.69 Å². The number of hydrogen-bond donors (Lipinski definition) is 0. The molecule has 8 heteroatoms. The number of carbonyl (C=O) groups is 2. The van der Waals surface area contributed by atoms with Gasteiger partial charge in [0.05, 0.1) is 11.7 Å². The number of carbonyl (C=O) groups excluding carboxylic acids is 2. The van der Waals surface area contributed by atoms with Crippen LogP contribution in [0.1, 0.15) is 31.7 Å². The van der Waals surface area contributed by atoms with Crippen molar-refractivity contribution in [1.29, 1.82) is 0 Å². The number of amides is 1. The standard InChI is InChI=1S/C19H26N2O5S/c1-2-27(24,25)20-12-9-16(10-13-20)19(23)26-14-18(22)21-11-5-7-15-6-3-4-8-17(15)21/h3-4,6,8,16H,2,5,7,9-14H2,1H3. The number of nitrogens with zero attached hydrogens (tertiary/aromatic N) is 2. The summed E-state index contributed by atoms with van der Waals surface area (Å²) < 4.78 is 30.4. The molecule has 27 heavy (non-hydrogen) atoms. The second-order valence-corrected chi connectivity index (χ2v) is 9.22. The molecule has 0 aliphatic carbocycles. The maximum Gasteiger partial charge on any atom is 0.309 e. The third-order valence-corrected chi connectivity index (χ3v) is 7.18. The van der Waals surface area contributed by atoms with Gasteiger partial charge in [-0.05, 0) is 44.2 Å². The summed E-state index contributed by atoms with van der Waals surface area (Å²) in [5, 5.41) is 0. The van der Waals surface area contributed by atoms with E-state index in [1.807, 2.05) is 24.3 Å². The molecule has 0 radical (unpaired) electrons. The number of piperidine rings is 1. The lowest BCUT2D eigenvalue weighted by molar-refractivity contribution is -0.153. The highest BCUT2D eigenvalue weighted by atomic mass is 32.2. The van der Waals surface area contributed by atoms with Gasteiger partial charge in [0.15, 0.2) is 6.61 Å². The van der Waals surface area contributed by atoms with Crippen molar-refractivity contribution in [3.63, 3.8) is 0 Å². The number of sulfonamides is 1. The average molecular weight is 394 g/mol. The van der Waals surface area contributed by atoms with E-state index in [1.54, 1.807) is 11.8 Å². The summed E-state index contributed by atoms with van der Waals surface area (Å²) in [6.07, 6.45) is 2.69. The van der Waals surface area contributed by atoms with E-state index < -0.39 is 16.0 Å². The Morgan fingerprint density at radius 1 is 1.15 bits per heavy atom. The van der Waals surface area contributed by atoms with Crippen LogP contribution in [-0.2, 0) is 30.8 Å². The molecule has 2 heterocycles. The quantitative estimate of drug-likeness (QED) is 0.708. The fourth-order valence-corrected chi connectivity index (χ4v) is 4.81. The van der Waals surface area contributed by atoms with E-state index in [0.717, 1.165) is 24.1 Å². The molecular weight excluding hydrogens is 368 g/mol. The molecule has 0 unspecified atom stereocenters. The second-order valence-electron chi connectivity index (χ2n) is 6.96. The molecule has 1 aromatic carbocycles. The van der Waals surface area contributed by atoms with Crippen LogP contribution in [0, 0.1) is 5.92 Å². The Morgan fingerprint density at radius 2 is 1.85 bits per heavy atom. The van der Waals surface area contributed by atoms with Gasteiger partial charge >= 0.3 is 5.97 Å². The van der Waals surface area contributed by atoms with E-state index in [2.05, 4.69) is 0 Å². The molecule has 1 saturated heterocycles. The Bertz CT molecular complexity index is 800. The Kier molecular flexibility index (Phi) is 6.16. The van der Waals surface area contributed by atoms with Crippen LogP contribution < -0.4 is 4.90 Å². The molecule has 1 amide bonds. The zero-order chi connectivity index (χ0) is 19.4. The lowest BCUT2D eigenvalue weighted by Gasteiger charge is -2.31. The van der Waals surface area contributed by atoms with Crippen molar-refractivity contribution in [1.82, 2.24) is 4.31 Å². The van der Waals surface area contributed by atoms with Crippen molar-refractivity contribution in [3.05, 3.63) is 29.8 Å². The fraction of sp³-hybridized carbons (Fsp3) is 0.579. The number of fused-ring (bicyclic) bond motifs is 1. The minimum absolute atomic E-state index is 0.0634. The maximum atomic E-state index is 12.5. The Labute approximate surface area is 160 Å². The van der Waals surface area contributed by atoms with Crippen LogP contribution in [-0.4, -0.2) is 56.6 Å². The fourth-order valence-electron chi connectivity index (χ4n) is 3.67. The van der Waals surface area contributed by atoms with Crippen molar-refractivity contribution in [2.45, 2.75) is 32.6 Å². The third kappa shape index (κ3) is 4.50. The minimum atomic E-state index is -3.22. The van der Waals surface area contributed by atoms with Crippen molar-refractivity contribution < 1.29 is 22.7 Å². The molecule has 0 aromatic heterocycles. The second kappa shape index (κ2) is 8.39. The molecular formula is C19H26N2O5S. The van der Waals surface area contributed by atoms with Crippen molar-refractivity contribution in [3.8, 4) is 0 Å². The zero-order valence-electron chi connectivity index (χ0n) is 15.6. The number of rotatable bonds is 5. The van der Waals surface area contributed by atoms with Crippen LogP contribution >= 0.6 is 0 Å². The van der Waals surface area contributed by atoms with Gasteiger partial charge in [0.1, 0.15) is 0 Å². The molecule has 2 aliphatic rings. The molecule has 1 fully saturated rings. The molecule has 148 valence electrons. The smallest absolute Gasteiger partial charge is 0.309 e. The highest BCUT2D eigenvalue weighted by Crippen LogP contribution is 2.27. The van der Waals surface area contributed by atoms with Crippen molar-refractivity contribution in [2.75, 3.05) is 36.9 Å². The van der Waals surface area contributed by atoms with E-state index in [9.17, 15) is 18.0 Å². The van der Waals surface area contributed by atoms with E-state index in [4.69, 9.17) is 4.74 Å². The number of para-hydroxylation sites is 1. The van der Waals surface area contributed by atoms with Crippen molar-refractivity contribution >= 4 is 27.6 Å². The van der Waals surface area contributed by atoms with Gasteiger partial charge < -0.3 is 9.64 Å². The largest absolute Gasteiger partial charge is 0.455 e. The van der Waals surface area contributed by atoms with Crippen LogP contribution in [0.5, 0.6) is 0 Å². The van der Waals surface area contributed by atoms with Gasteiger partial charge in [-0.15, -0.1) is 0 Å². The summed E-state index contributed by atoms with van der Waals surface area (Å²) in [6, 6.07) is 7.78. The first-order chi connectivity index (χ1) is 12.9. The number of anilines is 1. The molecule has 0 N–H and O–H groups in total. The number of aryl methyl sites for hydroxylation is 1. The summed E-state index contributed by atoms with van der Waals surface area (Å²) in [5.41, 5.74) is 2.02. The molecule has 7 nitrogen and oxygen atoms in total. The van der Waals surface area contributed by atoms with Crippen LogP contribution in [0.15, 0.2) is 24.3 Å². The first kappa shape index (κ1) is 19.8. The molecule has 0 spiro atoms. The van der Waals surface area contributed by atoms with Gasteiger partial charge in [-0.25, -0.2) is 12.7 Å². The summed E-state index contributed by atoms with van der Waals surface area (Å²) in [7, 11) is -3.22. The number of benzene rings is 1. The predicted octanol–water partition coefficient (Wildman–Crippen LogP) is 1.57. The van der Waals surface area contributed by atoms with Crippen LogP contribution in [0.3, 0.4) is 0 Å². The highest BCUT2D eigenvalue weighted by molar-refractivity contribution is 7.89. The topological polar surface area (TPSA) is 84.0 Å². The highest BCUT2D eigenvalue weighted by Gasteiger charge is 2.31. The molecule has 0 atom stereocenters. The number of ether oxygens (including phenoxy) is 1. The first-order valence-electron chi connectivity index (χ1n) is 9.45. The number of esters is 1. The zero-order valence-corrected chi connectivity index (χ0v) is 16.4. The lowest BCUT2D eigenvalue weighted by Crippen LogP contribution is -2.42. The summed E-state index contributed by atoms with van der Waals surface area (Å²) >= 11 is 0. The van der Waals surface area contributed by atoms with Gasteiger partial charge in [-0.1, -0.05) is 18.2 Å². The lowest BCUT2D eigenvalue weighted by atomic mass is 9.98. The molecule has 1 aromatic rings. The summed E-state index contributed by atoms with van der Waals surface area (Å²) in [5.74, 6) is -0.924. The Morgan fingerprint density at radius 3 is 2.56 bits per heavy atom. The molecule has 0 saturated carbocycles. The summed E-state index contributed by atoms with van der Waals surface area (Å²) in [4.78, 5) is 26.5. The van der Waals surface area contributed by atoms with Gasteiger partial charge in [0.25, 0.3) is 5.91 Å². The molecule has 0 bridgehead atoms. The third-order valence-electron chi connectivity index (χ3n) is 5.29. The normalized spacial score (nSPS) is 18.8. The van der Waals surface area contributed by atoms with E-state index in [0.29, 0.717) is 32.5 Å². The SMILES string of the molecule is CCS(=O)(=O)N1CCC(C(=O)OCC(=O)N2CCCc3ccccc32)CC1. The minimum Gasteiger partial charge on any atom is -0.455 e. The summed E-state index contributed by atoms with van der Waals surface area (Å²) in [6.45, 7) is 2.61. The van der Waals surface area contributed by atoms with Gasteiger partial charge in [-0.3, -0.25) is 9.59 Å². The monoisotopic (exact) mass is 394 g/mol. The Hall–Kier alpha value is -1.93. The number of hydrogen-bond acceptors (Lipinski definition) is 5. The average Bonchev–Trinajstić information content (AvgIpc) is 2.71. The van der Waals surface area contributed by atoms with Gasteiger partial charge in [0, 0.05) is 25.3 Å². The van der Waals surface area contributed by atoms with Crippen LogP contribution in [0.2, 0.25) is 0 Å². The maximum absolute atomic E-state index is 12.5. The Balaban J connectivity index is 1.51. The van der Waals surface area contributed by atoms with Crippen LogP contribution in [0.25, 0.3) is 0 Å². The van der Waals surface area contributed by atoms with E-state index in [1.165, 1.54) is 4.31 Å². The van der Waals surface area contributed by atoms with Gasteiger partial charge in [-0.2, -0.15) is 0 Å². The van der Waals surface area contributed by atoms with E-state index in [-0.39, 0.29) is 24.2 Å². The predicted molar refractivity (Wildman–Crippen MR) is 102 cm³/mol. The molecule has 3 rings (SSSR count). The first-order valence-corrected chi connectivity index (χ1v) is 11.1. The molecule has 2 aliphatic heterocycles.